The molecule has 0 amide bonds. The average Bonchev–Trinajstić information content (AvgIpc) is 2.89. The van der Waals surface area contributed by atoms with Crippen molar-refractivity contribution in [1.29, 1.82) is 0 Å². The summed E-state index contributed by atoms with van der Waals surface area (Å²) < 4.78 is 5.30. The minimum atomic E-state index is -0.672. The highest BCUT2D eigenvalue weighted by Gasteiger charge is 2.26. The van der Waals surface area contributed by atoms with Gasteiger partial charge in [0.05, 0.1) is 0 Å². The summed E-state index contributed by atoms with van der Waals surface area (Å²) in [6, 6.07) is 25.1. The molecule has 0 atom stereocenters. The molecular weight excluding hydrogens is 452 g/mol. The molecule has 0 saturated heterocycles. The summed E-state index contributed by atoms with van der Waals surface area (Å²) in [5.41, 5.74) is 5.83. The Hall–Kier alpha value is -4.63. The van der Waals surface area contributed by atoms with Crippen LogP contribution < -0.4 is 4.74 Å². The normalized spacial score (nSPS) is 10.2. The molecule has 0 bridgehead atoms. The number of carbonyl (C=O) groups is 1. The molecule has 0 spiro atoms. The highest BCUT2D eigenvalue weighted by molar-refractivity contribution is 5.90. The highest BCUT2D eigenvalue weighted by atomic mass is 16.5. The molecular formula is C35H30O2. The zero-order valence-corrected chi connectivity index (χ0v) is 22.2. The van der Waals surface area contributed by atoms with Crippen molar-refractivity contribution in [3.8, 4) is 53.1 Å². The SMILES string of the molecule is CC#CC#CC#CC#CC(=O)Oc1ccc(C(C)(C)c2ccc(C(C)(C)c3ccc(C)cc3)cc2)cc1. The maximum Gasteiger partial charge on any atom is 0.390 e. The fraction of sp³-hybridized carbons (Fsp3) is 0.229. The van der Waals surface area contributed by atoms with Crippen molar-refractivity contribution in [2.24, 2.45) is 0 Å². The lowest BCUT2D eigenvalue weighted by Gasteiger charge is -2.29. The van der Waals surface area contributed by atoms with Gasteiger partial charge in [-0.1, -0.05) is 99.8 Å². The number of ether oxygens (including phenoxy) is 1. The van der Waals surface area contributed by atoms with Crippen molar-refractivity contribution in [3.63, 3.8) is 0 Å². The Morgan fingerprint density at radius 2 is 0.973 bits per heavy atom. The molecule has 182 valence electrons. The van der Waals surface area contributed by atoms with Crippen molar-refractivity contribution >= 4 is 5.97 Å². The Balaban J connectivity index is 1.70. The summed E-state index contributed by atoms with van der Waals surface area (Å²) in [7, 11) is 0. The van der Waals surface area contributed by atoms with Crippen LogP contribution in [0.15, 0.2) is 72.8 Å². The third-order valence-corrected chi connectivity index (χ3v) is 6.49. The van der Waals surface area contributed by atoms with Gasteiger partial charge in [-0.25, -0.2) is 4.79 Å². The van der Waals surface area contributed by atoms with Crippen LogP contribution in [-0.4, -0.2) is 5.97 Å². The van der Waals surface area contributed by atoms with Crippen LogP contribution in [0.2, 0.25) is 0 Å². The van der Waals surface area contributed by atoms with E-state index in [0.29, 0.717) is 5.75 Å². The second-order valence-electron chi connectivity index (χ2n) is 9.73. The van der Waals surface area contributed by atoms with Gasteiger partial charge in [0, 0.05) is 16.8 Å². The summed E-state index contributed by atoms with van der Waals surface area (Å²) in [5, 5.41) is 0. The lowest BCUT2D eigenvalue weighted by atomic mass is 9.74. The molecule has 0 aliphatic rings. The van der Waals surface area contributed by atoms with E-state index >= 15 is 0 Å². The molecule has 0 N–H and O–H groups in total. The van der Waals surface area contributed by atoms with E-state index in [0.717, 1.165) is 5.56 Å². The van der Waals surface area contributed by atoms with E-state index in [-0.39, 0.29) is 10.8 Å². The number of hydrogen-bond acceptors (Lipinski definition) is 2. The zero-order chi connectivity index (χ0) is 26.9. The second kappa shape index (κ2) is 11.9. The second-order valence-corrected chi connectivity index (χ2v) is 9.73. The minimum absolute atomic E-state index is 0.0898. The van der Waals surface area contributed by atoms with Crippen LogP contribution in [0, 0.1) is 54.3 Å². The Morgan fingerprint density at radius 3 is 1.43 bits per heavy atom. The predicted molar refractivity (Wildman–Crippen MR) is 151 cm³/mol. The summed E-state index contributed by atoms with van der Waals surface area (Å²) >= 11 is 0. The first kappa shape index (κ1) is 27.0. The van der Waals surface area contributed by atoms with Gasteiger partial charge in [0.2, 0.25) is 0 Å². The lowest BCUT2D eigenvalue weighted by molar-refractivity contribution is -0.128. The van der Waals surface area contributed by atoms with Crippen molar-refractivity contribution in [1.82, 2.24) is 0 Å². The molecule has 37 heavy (non-hydrogen) atoms. The van der Waals surface area contributed by atoms with Crippen molar-refractivity contribution in [2.75, 3.05) is 0 Å². The minimum Gasteiger partial charge on any atom is -0.417 e. The van der Waals surface area contributed by atoms with E-state index < -0.39 is 5.97 Å². The summed E-state index contributed by atoms with van der Waals surface area (Å²) in [4.78, 5) is 12.0. The third-order valence-electron chi connectivity index (χ3n) is 6.49. The zero-order valence-electron chi connectivity index (χ0n) is 22.2. The van der Waals surface area contributed by atoms with Gasteiger partial charge in [0.15, 0.2) is 0 Å². The number of esters is 1. The van der Waals surface area contributed by atoms with Crippen molar-refractivity contribution < 1.29 is 9.53 Å². The molecule has 0 fully saturated rings. The van der Waals surface area contributed by atoms with Crippen LogP contribution in [0.5, 0.6) is 5.75 Å². The van der Waals surface area contributed by atoms with Gasteiger partial charge in [-0.3, -0.25) is 0 Å². The van der Waals surface area contributed by atoms with Crippen LogP contribution in [0.3, 0.4) is 0 Å². The molecule has 0 aliphatic carbocycles. The fourth-order valence-electron chi connectivity index (χ4n) is 3.95. The standard InChI is InChI=1S/C35H30O2/c1-7-8-9-10-11-12-13-14-33(36)37-32-25-23-31(24-26-32)35(5,6)30-21-19-29(20-22-30)34(3,4)28-17-15-27(2)16-18-28/h15-26H,1-6H3. The van der Waals surface area contributed by atoms with Gasteiger partial charge in [0.1, 0.15) is 5.75 Å². The molecule has 0 unspecified atom stereocenters. The number of carbonyl (C=O) groups excluding carboxylic acids is 1. The topological polar surface area (TPSA) is 26.3 Å². The molecule has 0 radical (unpaired) electrons. The first-order valence-electron chi connectivity index (χ1n) is 12.1. The van der Waals surface area contributed by atoms with Crippen LogP contribution in [0.4, 0.5) is 0 Å². The van der Waals surface area contributed by atoms with Crippen molar-refractivity contribution in [2.45, 2.75) is 52.4 Å². The highest BCUT2D eigenvalue weighted by Crippen LogP contribution is 2.36. The Kier molecular flexibility index (Phi) is 8.65. The van der Waals surface area contributed by atoms with Gasteiger partial charge in [0.25, 0.3) is 0 Å². The van der Waals surface area contributed by atoms with Crippen LogP contribution in [-0.2, 0) is 15.6 Å². The predicted octanol–water partition coefficient (Wildman–Crippen LogP) is 6.59. The molecule has 2 nitrogen and oxygen atoms in total. The lowest BCUT2D eigenvalue weighted by Crippen LogP contribution is -2.21. The molecule has 2 heteroatoms. The van der Waals surface area contributed by atoms with Crippen LogP contribution in [0.1, 0.15) is 62.4 Å². The Bertz CT molecular complexity index is 1500. The van der Waals surface area contributed by atoms with Crippen molar-refractivity contribution in [3.05, 3.63) is 101 Å². The van der Waals surface area contributed by atoms with Gasteiger partial charge in [-0.15, -0.1) is 0 Å². The van der Waals surface area contributed by atoms with E-state index in [1.54, 1.807) is 19.1 Å². The first-order valence-corrected chi connectivity index (χ1v) is 12.1. The molecule has 0 heterocycles. The summed E-state index contributed by atoms with van der Waals surface area (Å²) in [5.74, 6) is 19.8. The van der Waals surface area contributed by atoms with E-state index in [9.17, 15) is 4.79 Å². The van der Waals surface area contributed by atoms with Gasteiger partial charge in [-0.2, -0.15) is 0 Å². The largest absolute Gasteiger partial charge is 0.417 e. The van der Waals surface area contributed by atoms with Gasteiger partial charge >= 0.3 is 5.97 Å². The third kappa shape index (κ3) is 6.96. The number of aryl methyl sites for hydroxylation is 1. The quantitative estimate of drug-likeness (QED) is 0.178. The molecule has 3 aromatic rings. The number of benzene rings is 3. The first-order chi connectivity index (χ1) is 17.6. The summed E-state index contributed by atoms with van der Waals surface area (Å²) in [6.07, 6.45) is 0. The smallest absolute Gasteiger partial charge is 0.390 e. The maximum atomic E-state index is 12.0. The Morgan fingerprint density at radius 1 is 0.595 bits per heavy atom. The molecule has 0 aliphatic heterocycles. The van der Waals surface area contributed by atoms with E-state index in [2.05, 4.69) is 131 Å². The summed E-state index contributed by atoms with van der Waals surface area (Å²) in [6.45, 7) is 12.7. The van der Waals surface area contributed by atoms with E-state index in [1.807, 2.05) is 12.1 Å². The van der Waals surface area contributed by atoms with Gasteiger partial charge in [-0.05, 0) is 83.8 Å². The maximum absolute atomic E-state index is 12.0. The number of rotatable bonds is 5. The Labute approximate surface area is 221 Å². The fourth-order valence-corrected chi connectivity index (χ4v) is 3.95. The molecule has 0 saturated carbocycles. The van der Waals surface area contributed by atoms with Crippen LogP contribution in [0.25, 0.3) is 0 Å². The monoisotopic (exact) mass is 482 g/mol. The molecule has 3 rings (SSSR count). The van der Waals surface area contributed by atoms with Crippen LogP contribution >= 0.6 is 0 Å². The van der Waals surface area contributed by atoms with E-state index in [4.69, 9.17) is 4.74 Å². The average molecular weight is 483 g/mol. The number of hydrogen-bond donors (Lipinski definition) is 0. The van der Waals surface area contributed by atoms with Gasteiger partial charge < -0.3 is 4.74 Å². The van der Waals surface area contributed by atoms with E-state index in [1.165, 1.54) is 22.3 Å². The molecule has 3 aromatic carbocycles. The molecule has 0 aromatic heterocycles.